The number of benzene rings is 1. The molecule has 15 heavy (non-hydrogen) atoms. The minimum absolute atomic E-state index is 0.431. The normalized spacial score (nSPS) is 10.9. The van der Waals surface area contributed by atoms with Crippen LogP contribution in [0.4, 0.5) is 0 Å². The number of fused-ring (bicyclic) bond motifs is 1. The van der Waals surface area contributed by atoms with Crippen LogP contribution in [0.3, 0.4) is 0 Å². The van der Waals surface area contributed by atoms with Crippen LogP contribution < -0.4 is 4.74 Å². The molecule has 0 unspecified atom stereocenters. The van der Waals surface area contributed by atoms with Crippen LogP contribution in [0.5, 0.6) is 5.75 Å². The average Bonchev–Trinajstić information content (AvgIpc) is 2.27. The zero-order chi connectivity index (χ0) is 10.8. The predicted molar refractivity (Wildman–Crippen MR) is 62.4 cm³/mol. The van der Waals surface area contributed by atoms with Gasteiger partial charge in [0, 0.05) is 11.6 Å². The molecule has 0 saturated carbocycles. The summed E-state index contributed by atoms with van der Waals surface area (Å²) in [4.78, 5) is 4.43. The van der Waals surface area contributed by atoms with Crippen molar-refractivity contribution >= 4 is 10.8 Å². The maximum Gasteiger partial charge on any atom is 0.119 e. The summed E-state index contributed by atoms with van der Waals surface area (Å²) in [7, 11) is 1.69. The van der Waals surface area contributed by atoms with E-state index in [1.54, 1.807) is 7.11 Å². The molecule has 0 saturated heterocycles. The Morgan fingerprint density at radius 2 is 2.00 bits per heavy atom. The Labute approximate surface area is 89.9 Å². The highest BCUT2D eigenvalue weighted by atomic mass is 16.5. The molecule has 0 atom stereocenters. The Morgan fingerprint density at radius 3 is 2.67 bits per heavy atom. The third-order valence-electron chi connectivity index (χ3n) is 2.55. The van der Waals surface area contributed by atoms with Crippen molar-refractivity contribution in [3.8, 4) is 5.75 Å². The Morgan fingerprint density at radius 1 is 1.20 bits per heavy atom. The van der Waals surface area contributed by atoms with E-state index in [0.717, 1.165) is 11.4 Å². The van der Waals surface area contributed by atoms with E-state index in [1.807, 2.05) is 18.3 Å². The minimum atomic E-state index is 0.431. The molecule has 2 rings (SSSR count). The molecule has 1 aromatic heterocycles. The molecule has 1 heterocycles. The van der Waals surface area contributed by atoms with Crippen molar-refractivity contribution in [3.05, 3.63) is 36.2 Å². The molecule has 0 spiro atoms. The second kappa shape index (κ2) is 3.89. The van der Waals surface area contributed by atoms with Crippen molar-refractivity contribution in [2.75, 3.05) is 7.11 Å². The Hall–Kier alpha value is -1.57. The fourth-order valence-electron chi connectivity index (χ4n) is 1.76. The van der Waals surface area contributed by atoms with Crippen molar-refractivity contribution < 1.29 is 4.74 Å². The molecule has 0 radical (unpaired) electrons. The summed E-state index contributed by atoms with van der Waals surface area (Å²) in [5.74, 6) is 1.32. The molecule has 78 valence electrons. The van der Waals surface area contributed by atoms with E-state index < -0.39 is 0 Å². The number of hydrogen-bond donors (Lipinski definition) is 0. The lowest BCUT2D eigenvalue weighted by Crippen LogP contribution is -1.94. The highest BCUT2D eigenvalue weighted by molar-refractivity contribution is 5.86. The van der Waals surface area contributed by atoms with Gasteiger partial charge in [-0.2, -0.15) is 0 Å². The summed E-state index contributed by atoms with van der Waals surface area (Å²) in [5, 5.41) is 2.40. The highest BCUT2D eigenvalue weighted by Gasteiger charge is 2.06. The van der Waals surface area contributed by atoms with E-state index in [4.69, 9.17) is 4.74 Å². The van der Waals surface area contributed by atoms with Crippen LogP contribution in [-0.4, -0.2) is 12.1 Å². The van der Waals surface area contributed by atoms with E-state index in [1.165, 1.54) is 10.8 Å². The minimum Gasteiger partial charge on any atom is -0.497 e. The van der Waals surface area contributed by atoms with Crippen LogP contribution in [0.2, 0.25) is 0 Å². The van der Waals surface area contributed by atoms with Gasteiger partial charge in [-0.3, -0.25) is 4.98 Å². The van der Waals surface area contributed by atoms with Crippen molar-refractivity contribution in [1.29, 1.82) is 0 Å². The lowest BCUT2D eigenvalue weighted by molar-refractivity contribution is 0.415. The van der Waals surface area contributed by atoms with Gasteiger partial charge in [0.05, 0.1) is 12.8 Å². The standard InChI is InChI=1S/C13H15NO/c1-9(2)13-12-8-11(15-3)5-4-10(12)6-7-14-13/h4-9H,1-3H3. The Balaban J connectivity index is 2.70. The van der Waals surface area contributed by atoms with E-state index in [9.17, 15) is 0 Å². The number of ether oxygens (including phenoxy) is 1. The van der Waals surface area contributed by atoms with Crippen LogP contribution in [-0.2, 0) is 0 Å². The van der Waals surface area contributed by atoms with Crippen molar-refractivity contribution in [3.63, 3.8) is 0 Å². The molecule has 1 aromatic carbocycles. The van der Waals surface area contributed by atoms with Gasteiger partial charge in [-0.15, -0.1) is 0 Å². The van der Waals surface area contributed by atoms with Crippen LogP contribution in [0.1, 0.15) is 25.5 Å². The number of nitrogens with zero attached hydrogens (tertiary/aromatic N) is 1. The first-order chi connectivity index (χ1) is 7.22. The first-order valence-corrected chi connectivity index (χ1v) is 5.15. The SMILES string of the molecule is COc1ccc2ccnc(C(C)C)c2c1. The molecule has 0 amide bonds. The van der Waals surface area contributed by atoms with Gasteiger partial charge >= 0.3 is 0 Å². The molecule has 0 aliphatic carbocycles. The largest absolute Gasteiger partial charge is 0.497 e. The fraction of sp³-hybridized carbons (Fsp3) is 0.308. The molecule has 0 bridgehead atoms. The summed E-state index contributed by atoms with van der Waals surface area (Å²) in [5.41, 5.74) is 1.13. The number of hydrogen-bond acceptors (Lipinski definition) is 2. The maximum atomic E-state index is 5.23. The monoisotopic (exact) mass is 201 g/mol. The van der Waals surface area contributed by atoms with Crippen molar-refractivity contribution in [2.45, 2.75) is 19.8 Å². The van der Waals surface area contributed by atoms with E-state index >= 15 is 0 Å². The molecule has 0 fully saturated rings. The average molecular weight is 201 g/mol. The van der Waals surface area contributed by atoms with Gasteiger partial charge < -0.3 is 4.74 Å². The summed E-state index contributed by atoms with van der Waals surface area (Å²) in [6, 6.07) is 8.13. The fourth-order valence-corrected chi connectivity index (χ4v) is 1.76. The molecule has 2 nitrogen and oxygen atoms in total. The third kappa shape index (κ3) is 1.80. The molecule has 0 aliphatic heterocycles. The predicted octanol–water partition coefficient (Wildman–Crippen LogP) is 3.37. The summed E-state index contributed by atoms with van der Waals surface area (Å²) < 4.78 is 5.23. The third-order valence-corrected chi connectivity index (χ3v) is 2.55. The van der Waals surface area contributed by atoms with Crippen molar-refractivity contribution in [1.82, 2.24) is 4.98 Å². The Kier molecular flexibility index (Phi) is 2.58. The smallest absolute Gasteiger partial charge is 0.119 e. The molecule has 0 N–H and O–H groups in total. The van der Waals surface area contributed by atoms with Crippen LogP contribution >= 0.6 is 0 Å². The zero-order valence-corrected chi connectivity index (χ0v) is 9.32. The first-order valence-electron chi connectivity index (χ1n) is 5.15. The van der Waals surface area contributed by atoms with Gasteiger partial charge in [0.25, 0.3) is 0 Å². The van der Waals surface area contributed by atoms with Crippen LogP contribution in [0.15, 0.2) is 30.5 Å². The lowest BCUT2D eigenvalue weighted by atomic mass is 10.0. The molecular formula is C13H15NO. The second-order valence-corrected chi connectivity index (χ2v) is 3.94. The number of aromatic nitrogens is 1. The van der Waals surface area contributed by atoms with Gasteiger partial charge in [-0.05, 0) is 29.5 Å². The summed E-state index contributed by atoms with van der Waals surface area (Å²) in [6.45, 7) is 4.31. The lowest BCUT2D eigenvalue weighted by Gasteiger charge is -2.09. The maximum absolute atomic E-state index is 5.23. The van der Waals surface area contributed by atoms with Crippen LogP contribution in [0.25, 0.3) is 10.8 Å². The number of rotatable bonds is 2. The van der Waals surface area contributed by atoms with E-state index in [2.05, 4.69) is 31.0 Å². The zero-order valence-electron chi connectivity index (χ0n) is 9.32. The first kappa shape index (κ1) is 9.97. The van der Waals surface area contributed by atoms with Gasteiger partial charge in [-0.1, -0.05) is 19.9 Å². The number of methoxy groups -OCH3 is 1. The number of pyridine rings is 1. The van der Waals surface area contributed by atoms with Crippen molar-refractivity contribution in [2.24, 2.45) is 0 Å². The molecule has 2 heteroatoms. The molecule has 2 aromatic rings. The quantitative estimate of drug-likeness (QED) is 0.743. The second-order valence-electron chi connectivity index (χ2n) is 3.94. The molecular weight excluding hydrogens is 186 g/mol. The molecule has 0 aliphatic rings. The van der Waals surface area contributed by atoms with Gasteiger partial charge in [0.2, 0.25) is 0 Å². The summed E-state index contributed by atoms with van der Waals surface area (Å²) >= 11 is 0. The van der Waals surface area contributed by atoms with Gasteiger partial charge in [-0.25, -0.2) is 0 Å². The summed E-state index contributed by atoms with van der Waals surface area (Å²) in [6.07, 6.45) is 1.87. The topological polar surface area (TPSA) is 22.1 Å². The van der Waals surface area contributed by atoms with E-state index in [0.29, 0.717) is 5.92 Å². The van der Waals surface area contributed by atoms with Gasteiger partial charge in [0.1, 0.15) is 5.75 Å². The Bertz CT molecular complexity index is 477. The highest BCUT2D eigenvalue weighted by Crippen LogP contribution is 2.26. The van der Waals surface area contributed by atoms with Gasteiger partial charge in [0.15, 0.2) is 0 Å². The van der Waals surface area contributed by atoms with E-state index in [-0.39, 0.29) is 0 Å². The van der Waals surface area contributed by atoms with Crippen LogP contribution in [0, 0.1) is 0 Å².